The van der Waals surface area contributed by atoms with Gasteiger partial charge in [-0.2, -0.15) is 5.10 Å². The maximum absolute atomic E-state index is 11.9. The summed E-state index contributed by atoms with van der Waals surface area (Å²) >= 11 is 5.73. The van der Waals surface area contributed by atoms with Crippen molar-refractivity contribution in [3.63, 3.8) is 0 Å². The maximum atomic E-state index is 11.9. The van der Waals surface area contributed by atoms with Gasteiger partial charge in [0.2, 0.25) is 0 Å². The highest BCUT2D eigenvalue weighted by molar-refractivity contribution is 6.32. The smallest absolute Gasteiger partial charge is 0.271 e. The first-order valence-corrected chi connectivity index (χ1v) is 7.46. The van der Waals surface area contributed by atoms with Crippen molar-refractivity contribution < 1.29 is 9.72 Å². The Labute approximate surface area is 146 Å². The van der Waals surface area contributed by atoms with Gasteiger partial charge >= 0.3 is 0 Å². The lowest BCUT2D eigenvalue weighted by Crippen LogP contribution is -2.23. The predicted molar refractivity (Wildman–Crippen MR) is 91.4 cm³/mol. The lowest BCUT2D eigenvalue weighted by Gasteiger charge is -2.01. The molecule has 0 saturated carbocycles. The maximum Gasteiger partial charge on any atom is 0.288 e. The van der Waals surface area contributed by atoms with Crippen molar-refractivity contribution >= 4 is 40.4 Å². The lowest BCUT2D eigenvalue weighted by molar-refractivity contribution is -0.384. The van der Waals surface area contributed by atoms with Crippen LogP contribution in [0.15, 0.2) is 47.6 Å². The van der Waals surface area contributed by atoms with Crippen LogP contribution in [0.5, 0.6) is 0 Å². The van der Waals surface area contributed by atoms with Crippen LogP contribution in [0.2, 0.25) is 5.02 Å². The fourth-order valence-electron chi connectivity index (χ4n) is 2.13. The van der Waals surface area contributed by atoms with Crippen LogP contribution >= 0.6 is 11.6 Å². The molecule has 2 aromatic carbocycles. The molecular weight excluding hydrogens is 348 g/mol. The van der Waals surface area contributed by atoms with E-state index in [4.69, 9.17) is 11.6 Å². The van der Waals surface area contributed by atoms with Crippen molar-refractivity contribution in [2.75, 3.05) is 0 Å². The van der Waals surface area contributed by atoms with Gasteiger partial charge in [-0.1, -0.05) is 35.0 Å². The van der Waals surface area contributed by atoms with E-state index in [2.05, 4.69) is 20.8 Å². The molecule has 0 aliphatic carbocycles. The number of rotatable bonds is 5. The number of nitrogens with one attached hydrogen (secondary N) is 1. The van der Waals surface area contributed by atoms with Gasteiger partial charge in [-0.15, -0.1) is 5.10 Å². The summed E-state index contributed by atoms with van der Waals surface area (Å²) in [6, 6.07) is 11.5. The molecule has 10 heteroatoms. The van der Waals surface area contributed by atoms with Gasteiger partial charge in [0.05, 0.1) is 16.7 Å². The highest BCUT2D eigenvalue weighted by Crippen LogP contribution is 2.24. The fraction of sp³-hybridized carbons (Fsp3) is 0.0667. The number of nitro benzene ring substituents is 1. The Morgan fingerprint density at radius 1 is 1.36 bits per heavy atom. The van der Waals surface area contributed by atoms with E-state index in [9.17, 15) is 14.9 Å². The van der Waals surface area contributed by atoms with Crippen LogP contribution in [0.1, 0.15) is 5.56 Å². The van der Waals surface area contributed by atoms with E-state index in [0.717, 1.165) is 5.52 Å². The predicted octanol–water partition coefficient (Wildman–Crippen LogP) is 2.14. The standard InChI is InChI=1S/C15H11ClN6O3/c16-11-6-5-10(7-14(11)22(24)25)8-17-19-15(23)9-21-13-4-2-1-3-12(13)18-20-21/h1-8H,9H2,(H,19,23). The van der Waals surface area contributed by atoms with Crippen molar-refractivity contribution in [3.05, 3.63) is 63.2 Å². The third-order valence-corrected chi connectivity index (χ3v) is 3.60. The van der Waals surface area contributed by atoms with Gasteiger partial charge in [-0.3, -0.25) is 14.9 Å². The van der Waals surface area contributed by atoms with Gasteiger partial charge in [0.1, 0.15) is 17.1 Å². The van der Waals surface area contributed by atoms with Crippen LogP contribution in [0.25, 0.3) is 11.0 Å². The molecule has 1 heterocycles. The molecule has 126 valence electrons. The first-order valence-electron chi connectivity index (χ1n) is 7.08. The second-order valence-electron chi connectivity index (χ2n) is 5.00. The summed E-state index contributed by atoms with van der Waals surface area (Å²) in [6.45, 7) is -0.0569. The minimum absolute atomic E-state index is 0.0317. The molecule has 0 atom stereocenters. The van der Waals surface area contributed by atoms with Gasteiger partial charge in [0.15, 0.2) is 0 Å². The molecule has 9 nitrogen and oxygen atoms in total. The van der Waals surface area contributed by atoms with Crippen LogP contribution in [-0.2, 0) is 11.3 Å². The van der Waals surface area contributed by atoms with Crippen LogP contribution < -0.4 is 5.43 Å². The molecule has 25 heavy (non-hydrogen) atoms. The number of aromatic nitrogens is 3. The topological polar surface area (TPSA) is 115 Å². The summed E-state index contributed by atoms with van der Waals surface area (Å²) in [5, 5.41) is 22.5. The number of hydrazone groups is 1. The highest BCUT2D eigenvalue weighted by Gasteiger charge is 2.12. The number of halogens is 1. The minimum atomic E-state index is -0.589. The average Bonchev–Trinajstić information content (AvgIpc) is 2.99. The van der Waals surface area contributed by atoms with Crippen molar-refractivity contribution in [1.82, 2.24) is 20.4 Å². The highest BCUT2D eigenvalue weighted by atomic mass is 35.5. The molecule has 1 aromatic heterocycles. The molecule has 0 radical (unpaired) electrons. The van der Waals surface area contributed by atoms with Crippen molar-refractivity contribution in [2.24, 2.45) is 5.10 Å². The molecule has 0 spiro atoms. The Balaban J connectivity index is 1.65. The number of para-hydroxylation sites is 1. The molecule has 0 bridgehead atoms. The molecule has 1 amide bonds. The molecule has 1 N–H and O–H groups in total. The van der Waals surface area contributed by atoms with Crippen LogP contribution in [-0.4, -0.2) is 32.0 Å². The van der Waals surface area contributed by atoms with Crippen molar-refractivity contribution in [2.45, 2.75) is 6.54 Å². The average molecular weight is 359 g/mol. The molecular formula is C15H11ClN6O3. The van der Waals surface area contributed by atoms with E-state index >= 15 is 0 Å². The number of nitro groups is 1. The van der Waals surface area contributed by atoms with Crippen molar-refractivity contribution in [1.29, 1.82) is 0 Å². The SMILES string of the molecule is O=C(Cn1nnc2ccccc21)NN=Cc1ccc(Cl)c([N+](=O)[O-])c1. The van der Waals surface area contributed by atoms with E-state index in [1.807, 2.05) is 12.1 Å². The zero-order chi connectivity index (χ0) is 17.8. The van der Waals surface area contributed by atoms with Gasteiger partial charge in [-0.25, -0.2) is 10.1 Å². The first kappa shape index (κ1) is 16.5. The molecule has 0 aliphatic rings. The first-order chi connectivity index (χ1) is 12.0. The van der Waals surface area contributed by atoms with E-state index in [-0.39, 0.29) is 17.3 Å². The fourth-order valence-corrected chi connectivity index (χ4v) is 2.32. The number of hydrogen-bond acceptors (Lipinski definition) is 6. The van der Waals surface area contributed by atoms with E-state index in [1.54, 1.807) is 18.2 Å². The normalized spacial score (nSPS) is 11.1. The summed E-state index contributed by atoms with van der Waals surface area (Å²) < 4.78 is 1.45. The summed E-state index contributed by atoms with van der Waals surface area (Å²) in [6.07, 6.45) is 1.29. The Morgan fingerprint density at radius 2 is 2.16 bits per heavy atom. The lowest BCUT2D eigenvalue weighted by atomic mass is 10.2. The van der Waals surface area contributed by atoms with Crippen LogP contribution in [0.3, 0.4) is 0 Å². The number of benzene rings is 2. The quantitative estimate of drug-likeness (QED) is 0.426. The molecule has 3 aromatic rings. The summed E-state index contributed by atoms with van der Waals surface area (Å²) in [5.41, 5.74) is 3.96. The van der Waals surface area contributed by atoms with E-state index in [1.165, 1.54) is 23.0 Å². The second-order valence-corrected chi connectivity index (χ2v) is 5.40. The van der Waals surface area contributed by atoms with E-state index < -0.39 is 10.8 Å². The summed E-state index contributed by atoms with van der Waals surface area (Å²) in [7, 11) is 0. The number of carbonyl (C=O) groups is 1. The number of carbonyl (C=O) groups excluding carboxylic acids is 1. The summed E-state index contributed by atoms with van der Waals surface area (Å²) in [4.78, 5) is 22.2. The zero-order valence-corrected chi connectivity index (χ0v) is 13.4. The largest absolute Gasteiger partial charge is 0.288 e. The number of amides is 1. The van der Waals surface area contributed by atoms with Crippen molar-refractivity contribution in [3.8, 4) is 0 Å². The molecule has 3 rings (SSSR count). The van der Waals surface area contributed by atoms with E-state index in [0.29, 0.717) is 11.1 Å². The second kappa shape index (κ2) is 7.05. The number of fused-ring (bicyclic) bond motifs is 1. The number of nitrogens with zero attached hydrogens (tertiary/aromatic N) is 5. The Hall–Kier alpha value is -3.33. The van der Waals surface area contributed by atoms with Gasteiger partial charge in [-0.05, 0) is 18.2 Å². The Kier molecular flexibility index (Phi) is 4.66. The third kappa shape index (κ3) is 3.78. The minimum Gasteiger partial charge on any atom is -0.271 e. The van der Waals surface area contributed by atoms with Crippen LogP contribution in [0, 0.1) is 10.1 Å². The third-order valence-electron chi connectivity index (χ3n) is 3.28. The monoisotopic (exact) mass is 358 g/mol. The van der Waals surface area contributed by atoms with Gasteiger partial charge in [0.25, 0.3) is 11.6 Å². The van der Waals surface area contributed by atoms with Crippen LogP contribution in [0.4, 0.5) is 5.69 Å². The molecule has 0 fully saturated rings. The molecule has 0 aliphatic heterocycles. The zero-order valence-electron chi connectivity index (χ0n) is 12.7. The molecule has 0 unspecified atom stereocenters. The Morgan fingerprint density at radius 3 is 2.96 bits per heavy atom. The number of hydrogen-bond donors (Lipinski definition) is 1. The van der Waals surface area contributed by atoms with Gasteiger partial charge < -0.3 is 0 Å². The molecule has 0 saturated heterocycles. The summed E-state index contributed by atoms with van der Waals surface area (Å²) in [5.74, 6) is -0.407. The Bertz CT molecular complexity index is 984. The van der Waals surface area contributed by atoms with Gasteiger partial charge in [0, 0.05) is 11.6 Å².